The van der Waals surface area contributed by atoms with Crippen molar-refractivity contribution in [3.63, 3.8) is 0 Å². The van der Waals surface area contributed by atoms with Crippen molar-refractivity contribution in [2.45, 2.75) is 6.54 Å². The highest BCUT2D eigenvalue weighted by Gasteiger charge is 2.12. The normalized spacial score (nSPS) is 10.7. The molecule has 0 aliphatic carbocycles. The largest absolute Gasteiger partial charge is 0.496 e. The van der Waals surface area contributed by atoms with Gasteiger partial charge in [-0.05, 0) is 22.9 Å². The van der Waals surface area contributed by atoms with Gasteiger partial charge >= 0.3 is 0 Å². The SMILES string of the molecule is COc1cc(Cn2ccnc2)ccc1-c1cc(O)no1. The molecule has 3 rings (SSSR count). The number of hydrogen-bond acceptors (Lipinski definition) is 5. The van der Waals surface area contributed by atoms with Crippen molar-refractivity contribution < 1.29 is 14.4 Å². The minimum absolute atomic E-state index is 0.149. The van der Waals surface area contributed by atoms with E-state index in [1.807, 2.05) is 29.0 Å². The lowest BCUT2D eigenvalue weighted by atomic mass is 10.1. The van der Waals surface area contributed by atoms with Crippen LogP contribution in [-0.2, 0) is 6.54 Å². The third-order valence-electron chi connectivity index (χ3n) is 2.95. The summed E-state index contributed by atoms with van der Waals surface area (Å²) in [5.41, 5.74) is 1.82. The van der Waals surface area contributed by atoms with Crippen molar-refractivity contribution in [2.75, 3.05) is 7.11 Å². The molecule has 0 radical (unpaired) electrons. The van der Waals surface area contributed by atoms with Gasteiger partial charge in [0.25, 0.3) is 5.88 Å². The van der Waals surface area contributed by atoms with Gasteiger partial charge in [-0.2, -0.15) is 0 Å². The van der Waals surface area contributed by atoms with Gasteiger partial charge in [-0.15, -0.1) is 0 Å². The summed E-state index contributed by atoms with van der Waals surface area (Å²) in [4.78, 5) is 4.01. The molecule has 0 aliphatic rings. The summed E-state index contributed by atoms with van der Waals surface area (Å²) in [6, 6.07) is 7.23. The predicted octanol–water partition coefficient (Wildman–Crippen LogP) is 2.30. The van der Waals surface area contributed by atoms with Crippen molar-refractivity contribution in [3.05, 3.63) is 48.5 Å². The zero-order valence-electron chi connectivity index (χ0n) is 10.9. The molecule has 0 bridgehead atoms. The Bertz CT molecular complexity index is 704. The number of rotatable bonds is 4. The topological polar surface area (TPSA) is 73.3 Å². The highest BCUT2D eigenvalue weighted by atomic mass is 16.5. The molecule has 0 aliphatic heterocycles. The number of ether oxygens (including phenoxy) is 1. The molecular weight excluding hydrogens is 258 g/mol. The molecule has 0 amide bonds. The molecule has 0 saturated carbocycles. The number of imidazole rings is 1. The van der Waals surface area contributed by atoms with E-state index in [1.165, 1.54) is 6.07 Å². The zero-order chi connectivity index (χ0) is 13.9. The Morgan fingerprint density at radius 3 is 2.90 bits per heavy atom. The molecule has 0 atom stereocenters. The maximum atomic E-state index is 9.25. The summed E-state index contributed by atoms with van der Waals surface area (Å²) in [6.07, 6.45) is 5.40. The number of aromatic hydroxyl groups is 1. The average molecular weight is 271 g/mol. The Hall–Kier alpha value is -2.76. The molecule has 20 heavy (non-hydrogen) atoms. The van der Waals surface area contributed by atoms with Gasteiger partial charge < -0.3 is 18.9 Å². The lowest BCUT2D eigenvalue weighted by Gasteiger charge is -2.09. The molecule has 0 saturated heterocycles. The molecule has 3 aromatic rings. The van der Waals surface area contributed by atoms with E-state index in [-0.39, 0.29) is 5.88 Å². The molecule has 6 nitrogen and oxygen atoms in total. The second kappa shape index (κ2) is 5.08. The number of nitrogens with zero attached hydrogens (tertiary/aromatic N) is 3. The van der Waals surface area contributed by atoms with Crippen LogP contribution in [0.5, 0.6) is 11.6 Å². The summed E-state index contributed by atoms with van der Waals surface area (Å²) in [5, 5.41) is 12.7. The number of hydrogen-bond donors (Lipinski definition) is 1. The van der Waals surface area contributed by atoms with Crippen LogP contribution >= 0.6 is 0 Å². The van der Waals surface area contributed by atoms with Gasteiger partial charge in [-0.1, -0.05) is 6.07 Å². The highest BCUT2D eigenvalue weighted by molar-refractivity contribution is 5.66. The molecular formula is C14H13N3O3. The molecule has 102 valence electrons. The Balaban J connectivity index is 1.93. The van der Waals surface area contributed by atoms with Gasteiger partial charge in [-0.3, -0.25) is 0 Å². The fourth-order valence-corrected chi connectivity index (χ4v) is 2.02. The standard InChI is InChI=1S/C14H13N3O3/c1-19-12-6-10(8-17-5-4-15-9-17)2-3-11(12)13-7-14(18)16-20-13/h2-7,9H,8H2,1H3,(H,16,18). The quantitative estimate of drug-likeness (QED) is 0.788. The summed E-state index contributed by atoms with van der Waals surface area (Å²) in [6.45, 7) is 0.707. The van der Waals surface area contributed by atoms with E-state index in [0.29, 0.717) is 18.1 Å². The molecule has 0 unspecified atom stereocenters. The molecule has 6 heteroatoms. The molecule has 2 aromatic heterocycles. The van der Waals surface area contributed by atoms with Gasteiger partial charge in [0.2, 0.25) is 0 Å². The molecule has 0 spiro atoms. The number of benzene rings is 1. The van der Waals surface area contributed by atoms with Crippen LogP contribution < -0.4 is 4.74 Å². The highest BCUT2D eigenvalue weighted by Crippen LogP contribution is 2.32. The number of aromatic nitrogens is 3. The van der Waals surface area contributed by atoms with Crippen LogP contribution in [0.3, 0.4) is 0 Å². The van der Waals surface area contributed by atoms with E-state index in [4.69, 9.17) is 9.26 Å². The lowest BCUT2D eigenvalue weighted by Crippen LogP contribution is -1.97. The zero-order valence-corrected chi connectivity index (χ0v) is 10.9. The Labute approximate surface area is 115 Å². The fraction of sp³-hybridized carbons (Fsp3) is 0.143. The first-order valence-electron chi connectivity index (χ1n) is 6.05. The van der Waals surface area contributed by atoms with E-state index in [1.54, 1.807) is 19.6 Å². The van der Waals surface area contributed by atoms with Crippen LogP contribution in [0, 0.1) is 0 Å². The Morgan fingerprint density at radius 2 is 2.25 bits per heavy atom. The third kappa shape index (κ3) is 2.35. The fourth-order valence-electron chi connectivity index (χ4n) is 2.02. The minimum Gasteiger partial charge on any atom is -0.496 e. The Morgan fingerprint density at radius 1 is 1.35 bits per heavy atom. The maximum Gasteiger partial charge on any atom is 0.252 e. The molecule has 2 heterocycles. The third-order valence-corrected chi connectivity index (χ3v) is 2.95. The van der Waals surface area contributed by atoms with E-state index < -0.39 is 0 Å². The summed E-state index contributed by atoms with van der Waals surface area (Å²) in [5.74, 6) is 0.983. The van der Waals surface area contributed by atoms with Crippen molar-refractivity contribution in [3.8, 4) is 23.0 Å². The Kier molecular flexibility index (Phi) is 3.12. The van der Waals surface area contributed by atoms with Gasteiger partial charge in [-0.25, -0.2) is 4.98 Å². The molecule has 1 aromatic carbocycles. The van der Waals surface area contributed by atoms with Gasteiger partial charge in [0.05, 0.1) is 19.0 Å². The second-order valence-electron chi connectivity index (χ2n) is 4.32. The summed E-state index contributed by atoms with van der Waals surface area (Å²) >= 11 is 0. The summed E-state index contributed by atoms with van der Waals surface area (Å²) in [7, 11) is 1.59. The lowest BCUT2D eigenvalue weighted by molar-refractivity contribution is 0.363. The van der Waals surface area contributed by atoms with Gasteiger partial charge in [0, 0.05) is 25.0 Å². The van der Waals surface area contributed by atoms with Crippen LogP contribution in [0.15, 0.2) is 47.5 Å². The predicted molar refractivity (Wildman–Crippen MR) is 71.5 cm³/mol. The second-order valence-corrected chi connectivity index (χ2v) is 4.32. The first kappa shape index (κ1) is 12.3. The molecule has 1 N–H and O–H groups in total. The van der Waals surface area contributed by atoms with E-state index in [9.17, 15) is 5.11 Å². The first-order valence-corrected chi connectivity index (χ1v) is 6.05. The van der Waals surface area contributed by atoms with Crippen LogP contribution in [0.25, 0.3) is 11.3 Å². The molecule has 0 fully saturated rings. The van der Waals surface area contributed by atoms with Gasteiger partial charge in [0.1, 0.15) is 5.75 Å². The van der Waals surface area contributed by atoms with Crippen LogP contribution in [0.2, 0.25) is 0 Å². The first-order chi connectivity index (χ1) is 9.76. The summed E-state index contributed by atoms with van der Waals surface area (Å²) < 4.78 is 12.4. The number of methoxy groups -OCH3 is 1. The van der Waals surface area contributed by atoms with Crippen LogP contribution in [0.4, 0.5) is 0 Å². The van der Waals surface area contributed by atoms with E-state index in [0.717, 1.165) is 11.1 Å². The smallest absolute Gasteiger partial charge is 0.252 e. The van der Waals surface area contributed by atoms with Crippen molar-refractivity contribution in [1.82, 2.24) is 14.7 Å². The minimum atomic E-state index is -0.149. The van der Waals surface area contributed by atoms with Crippen molar-refractivity contribution in [2.24, 2.45) is 0 Å². The van der Waals surface area contributed by atoms with Crippen LogP contribution in [0.1, 0.15) is 5.56 Å². The van der Waals surface area contributed by atoms with E-state index in [2.05, 4.69) is 10.1 Å². The van der Waals surface area contributed by atoms with Crippen molar-refractivity contribution in [1.29, 1.82) is 0 Å². The van der Waals surface area contributed by atoms with E-state index >= 15 is 0 Å². The monoisotopic (exact) mass is 271 g/mol. The average Bonchev–Trinajstić information content (AvgIpc) is 3.10. The maximum absolute atomic E-state index is 9.25. The van der Waals surface area contributed by atoms with Crippen molar-refractivity contribution >= 4 is 0 Å². The van der Waals surface area contributed by atoms with Gasteiger partial charge in [0.15, 0.2) is 5.76 Å². The van der Waals surface area contributed by atoms with Crippen LogP contribution in [-0.4, -0.2) is 26.9 Å².